The molecule has 1 aromatic rings. The van der Waals surface area contributed by atoms with Crippen molar-refractivity contribution in [1.29, 1.82) is 0 Å². The van der Waals surface area contributed by atoms with Crippen LogP contribution in [0.2, 0.25) is 0 Å². The van der Waals surface area contributed by atoms with E-state index in [9.17, 15) is 14.9 Å². The molecule has 5 heteroatoms. The van der Waals surface area contributed by atoms with Crippen molar-refractivity contribution in [2.45, 2.75) is 32.6 Å². The molecule has 0 aliphatic rings. The van der Waals surface area contributed by atoms with Gasteiger partial charge in [0.1, 0.15) is 5.56 Å². The standard InChI is InChI=1S/C13H18N2O3/c1-2-3-4-7-10-14-13(16)11-8-5-6-9-12(11)15(17)18/h5-6,8-9H,2-4,7,10H2,1H3,(H,14,16). The zero-order chi connectivity index (χ0) is 13.4. The van der Waals surface area contributed by atoms with Crippen molar-refractivity contribution < 1.29 is 9.72 Å². The quantitative estimate of drug-likeness (QED) is 0.459. The third-order valence-corrected chi connectivity index (χ3v) is 2.66. The minimum Gasteiger partial charge on any atom is -0.352 e. The monoisotopic (exact) mass is 250 g/mol. The number of nitrogens with zero attached hydrogens (tertiary/aromatic N) is 1. The highest BCUT2D eigenvalue weighted by Crippen LogP contribution is 2.17. The van der Waals surface area contributed by atoms with Gasteiger partial charge in [0.2, 0.25) is 0 Å². The Labute approximate surface area is 106 Å². The number of nitrogens with one attached hydrogen (secondary N) is 1. The maximum Gasteiger partial charge on any atom is 0.282 e. The first-order chi connectivity index (χ1) is 8.66. The Kier molecular flexibility index (Phi) is 5.84. The average Bonchev–Trinajstić information content (AvgIpc) is 2.38. The van der Waals surface area contributed by atoms with E-state index in [-0.39, 0.29) is 17.2 Å². The van der Waals surface area contributed by atoms with Gasteiger partial charge in [0, 0.05) is 12.6 Å². The van der Waals surface area contributed by atoms with E-state index in [4.69, 9.17) is 0 Å². The summed E-state index contributed by atoms with van der Waals surface area (Å²) in [4.78, 5) is 22.0. The normalized spacial score (nSPS) is 10.1. The predicted molar refractivity (Wildman–Crippen MR) is 69.6 cm³/mol. The summed E-state index contributed by atoms with van der Waals surface area (Å²) in [6, 6.07) is 5.99. The lowest BCUT2D eigenvalue weighted by Gasteiger charge is -2.05. The molecule has 1 rings (SSSR count). The fraction of sp³-hybridized carbons (Fsp3) is 0.462. The number of carbonyl (C=O) groups is 1. The molecule has 5 nitrogen and oxygen atoms in total. The van der Waals surface area contributed by atoms with Crippen LogP contribution in [0.3, 0.4) is 0 Å². The lowest BCUT2D eigenvalue weighted by molar-refractivity contribution is -0.385. The van der Waals surface area contributed by atoms with Gasteiger partial charge >= 0.3 is 0 Å². The van der Waals surface area contributed by atoms with Crippen LogP contribution in [0.5, 0.6) is 0 Å². The largest absolute Gasteiger partial charge is 0.352 e. The number of rotatable bonds is 7. The molecule has 18 heavy (non-hydrogen) atoms. The molecule has 1 N–H and O–H groups in total. The zero-order valence-electron chi connectivity index (χ0n) is 10.5. The summed E-state index contributed by atoms with van der Waals surface area (Å²) in [6.07, 6.45) is 4.24. The first-order valence-corrected chi connectivity index (χ1v) is 6.18. The Balaban J connectivity index is 2.54. The highest BCUT2D eigenvalue weighted by atomic mass is 16.6. The summed E-state index contributed by atoms with van der Waals surface area (Å²) in [5, 5.41) is 13.5. The van der Waals surface area contributed by atoms with E-state index in [2.05, 4.69) is 12.2 Å². The molecule has 0 heterocycles. The molecule has 0 bridgehead atoms. The summed E-state index contributed by atoms with van der Waals surface area (Å²) in [5.41, 5.74) is -0.0263. The first-order valence-electron chi connectivity index (χ1n) is 6.18. The number of unbranched alkanes of at least 4 members (excludes halogenated alkanes) is 3. The van der Waals surface area contributed by atoms with Gasteiger partial charge in [0.25, 0.3) is 11.6 Å². The van der Waals surface area contributed by atoms with E-state index in [0.717, 1.165) is 25.7 Å². The van der Waals surface area contributed by atoms with Gasteiger partial charge in [-0.3, -0.25) is 14.9 Å². The number of para-hydroxylation sites is 1. The van der Waals surface area contributed by atoms with Gasteiger partial charge in [-0.05, 0) is 12.5 Å². The SMILES string of the molecule is CCCCCCNC(=O)c1ccccc1[N+](=O)[O-]. The Morgan fingerprint density at radius 2 is 2.00 bits per heavy atom. The molecule has 0 aliphatic carbocycles. The van der Waals surface area contributed by atoms with Crippen LogP contribution < -0.4 is 5.32 Å². The summed E-state index contributed by atoms with van der Waals surface area (Å²) in [7, 11) is 0. The molecule has 1 amide bonds. The minimum absolute atomic E-state index is 0.123. The van der Waals surface area contributed by atoms with Crippen LogP contribution in [-0.2, 0) is 0 Å². The van der Waals surface area contributed by atoms with Crippen LogP contribution in [-0.4, -0.2) is 17.4 Å². The Morgan fingerprint density at radius 3 is 2.67 bits per heavy atom. The van der Waals surface area contributed by atoms with Crippen LogP contribution in [0.1, 0.15) is 43.0 Å². The molecule has 0 saturated carbocycles. The van der Waals surface area contributed by atoms with E-state index in [1.54, 1.807) is 12.1 Å². The third-order valence-electron chi connectivity index (χ3n) is 2.66. The molecule has 0 spiro atoms. The number of benzene rings is 1. The molecule has 0 aromatic heterocycles. The molecule has 0 saturated heterocycles. The van der Waals surface area contributed by atoms with Crippen molar-refractivity contribution in [2.75, 3.05) is 6.54 Å². The minimum atomic E-state index is -0.536. The van der Waals surface area contributed by atoms with Gasteiger partial charge in [-0.15, -0.1) is 0 Å². The molecule has 0 atom stereocenters. The fourth-order valence-corrected chi connectivity index (χ4v) is 1.67. The van der Waals surface area contributed by atoms with E-state index in [0.29, 0.717) is 6.54 Å². The van der Waals surface area contributed by atoms with Gasteiger partial charge in [0.15, 0.2) is 0 Å². The highest BCUT2D eigenvalue weighted by Gasteiger charge is 2.18. The van der Waals surface area contributed by atoms with Gasteiger partial charge in [-0.2, -0.15) is 0 Å². The number of hydrogen-bond donors (Lipinski definition) is 1. The van der Waals surface area contributed by atoms with Gasteiger partial charge in [-0.1, -0.05) is 38.3 Å². The molecule has 0 fully saturated rings. The number of nitro groups is 1. The number of amides is 1. The van der Waals surface area contributed by atoms with Crippen LogP contribution in [0, 0.1) is 10.1 Å². The second-order valence-electron chi connectivity index (χ2n) is 4.09. The molecule has 1 aromatic carbocycles. The van der Waals surface area contributed by atoms with Crippen molar-refractivity contribution in [3.05, 3.63) is 39.9 Å². The fourth-order valence-electron chi connectivity index (χ4n) is 1.67. The van der Waals surface area contributed by atoms with Crippen LogP contribution in [0.4, 0.5) is 5.69 Å². The average molecular weight is 250 g/mol. The van der Waals surface area contributed by atoms with Crippen molar-refractivity contribution in [3.8, 4) is 0 Å². The first kappa shape index (κ1) is 14.2. The summed E-state index contributed by atoms with van der Waals surface area (Å²) in [5.74, 6) is -0.376. The van der Waals surface area contributed by atoms with E-state index in [1.165, 1.54) is 12.1 Å². The van der Waals surface area contributed by atoms with Gasteiger partial charge in [-0.25, -0.2) is 0 Å². The maximum atomic E-state index is 11.8. The van der Waals surface area contributed by atoms with E-state index >= 15 is 0 Å². The lowest BCUT2D eigenvalue weighted by Crippen LogP contribution is -2.25. The van der Waals surface area contributed by atoms with Crippen molar-refractivity contribution in [3.63, 3.8) is 0 Å². The molecular formula is C13H18N2O3. The van der Waals surface area contributed by atoms with E-state index in [1.807, 2.05) is 0 Å². The molecule has 0 radical (unpaired) electrons. The summed E-state index contributed by atoms with van der Waals surface area (Å²) >= 11 is 0. The van der Waals surface area contributed by atoms with Crippen molar-refractivity contribution in [1.82, 2.24) is 5.32 Å². The molecular weight excluding hydrogens is 232 g/mol. The predicted octanol–water partition coefficient (Wildman–Crippen LogP) is 2.90. The summed E-state index contributed by atoms with van der Waals surface area (Å²) in [6.45, 7) is 2.68. The van der Waals surface area contributed by atoms with Crippen LogP contribution in [0.25, 0.3) is 0 Å². The third kappa shape index (κ3) is 4.16. The Morgan fingerprint density at radius 1 is 1.28 bits per heavy atom. The van der Waals surface area contributed by atoms with Gasteiger partial charge in [0.05, 0.1) is 4.92 Å². The topological polar surface area (TPSA) is 72.2 Å². The second-order valence-corrected chi connectivity index (χ2v) is 4.09. The summed E-state index contributed by atoms with van der Waals surface area (Å²) < 4.78 is 0. The second kappa shape index (κ2) is 7.42. The maximum absolute atomic E-state index is 11.8. The molecule has 98 valence electrons. The molecule has 0 aliphatic heterocycles. The van der Waals surface area contributed by atoms with Crippen molar-refractivity contribution >= 4 is 11.6 Å². The number of nitro benzene ring substituents is 1. The lowest BCUT2D eigenvalue weighted by atomic mass is 10.1. The Bertz CT molecular complexity index is 418. The smallest absolute Gasteiger partial charge is 0.282 e. The molecule has 0 unspecified atom stereocenters. The highest BCUT2D eigenvalue weighted by molar-refractivity contribution is 5.98. The number of carbonyl (C=O) groups excluding carboxylic acids is 1. The van der Waals surface area contributed by atoms with Crippen molar-refractivity contribution in [2.24, 2.45) is 0 Å². The van der Waals surface area contributed by atoms with Crippen LogP contribution >= 0.6 is 0 Å². The van der Waals surface area contributed by atoms with Crippen LogP contribution in [0.15, 0.2) is 24.3 Å². The van der Waals surface area contributed by atoms with E-state index < -0.39 is 4.92 Å². The van der Waals surface area contributed by atoms with Gasteiger partial charge < -0.3 is 5.32 Å². The number of hydrogen-bond acceptors (Lipinski definition) is 3. The Hall–Kier alpha value is -1.91. The zero-order valence-corrected chi connectivity index (χ0v) is 10.5.